The van der Waals surface area contributed by atoms with Crippen LogP contribution in [0.1, 0.15) is 20.9 Å². The molecule has 1 aliphatic heterocycles. The molecule has 0 fully saturated rings. The van der Waals surface area contributed by atoms with Gasteiger partial charge in [-0.15, -0.1) is 11.3 Å². The van der Waals surface area contributed by atoms with Crippen molar-refractivity contribution in [2.75, 3.05) is 6.61 Å². The molecule has 1 aliphatic rings. The minimum absolute atomic E-state index is 0.0484. The molecule has 10 heteroatoms. The maximum atomic E-state index is 12.9. The number of ether oxygens (including phenoxy) is 2. The van der Waals surface area contributed by atoms with E-state index in [0.29, 0.717) is 40.3 Å². The van der Waals surface area contributed by atoms with E-state index in [1.165, 1.54) is 0 Å². The Labute approximate surface area is 186 Å². The summed E-state index contributed by atoms with van der Waals surface area (Å²) in [6.07, 6.45) is 0.735. The van der Waals surface area contributed by atoms with Gasteiger partial charge < -0.3 is 9.47 Å². The highest BCUT2D eigenvalue weighted by atomic mass is 32.1. The number of thiophene rings is 1. The Bertz CT molecular complexity index is 1300. The number of amides is 2. The summed E-state index contributed by atoms with van der Waals surface area (Å²) in [7, 11) is 0. The monoisotopic (exact) mass is 449 g/mol. The lowest BCUT2D eigenvalue weighted by Gasteiger charge is -2.25. The first-order valence-electron chi connectivity index (χ1n) is 9.93. The number of para-hydroxylation sites is 2. The van der Waals surface area contributed by atoms with Crippen LogP contribution in [0.4, 0.5) is 0 Å². The molecule has 0 spiro atoms. The molecule has 2 amide bonds. The van der Waals surface area contributed by atoms with Gasteiger partial charge in [-0.05, 0) is 36.6 Å². The van der Waals surface area contributed by atoms with Crippen LogP contribution in [0.15, 0.2) is 54.0 Å². The molecule has 1 unspecified atom stereocenters. The average molecular weight is 449 g/mol. The number of nitrogens with one attached hydrogen (secondary N) is 2. The van der Waals surface area contributed by atoms with Crippen molar-refractivity contribution in [3.05, 3.63) is 70.2 Å². The Morgan fingerprint density at radius 2 is 2.03 bits per heavy atom. The van der Waals surface area contributed by atoms with Gasteiger partial charge in [-0.1, -0.05) is 18.2 Å². The van der Waals surface area contributed by atoms with Crippen LogP contribution in [0.3, 0.4) is 0 Å². The van der Waals surface area contributed by atoms with Crippen LogP contribution in [0.25, 0.3) is 11.0 Å². The van der Waals surface area contributed by atoms with Gasteiger partial charge in [-0.3, -0.25) is 20.4 Å². The first-order chi connectivity index (χ1) is 15.6. The largest absolute Gasteiger partial charge is 0.485 e. The van der Waals surface area contributed by atoms with Gasteiger partial charge in [0.25, 0.3) is 11.8 Å². The SMILES string of the molecule is Cc1cc(C(=O)NNC(=O)C2COc3ccccc3O2)c2cnn(Cc3cccs3)c2n1. The van der Waals surface area contributed by atoms with Gasteiger partial charge in [0.2, 0.25) is 6.10 Å². The maximum Gasteiger partial charge on any atom is 0.283 e. The summed E-state index contributed by atoms with van der Waals surface area (Å²) >= 11 is 1.63. The van der Waals surface area contributed by atoms with E-state index < -0.39 is 17.9 Å². The third-order valence-corrected chi connectivity index (χ3v) is 5.83. The molecule has 9 nitrogen and oxygen atoms in total. The molecule has 1 atom stereocenters. The number of hydrazine groups is 1. The fourth-order valence-corrected chi connectivity index (χ4v) is 4.13. The predicted molar refractivity (Wildman–Crippen MR) is 118 cm³/mol. The normalized spacial score (nSPS) is 14.8. The van der Waals surface area contributed by atoms with Crippen LogP contribution in [-0.4, -0.2) is 39.3 Å². The number of rotatable bonds is 4. The van der Waals surface area contributed by atoms with E-state index in [1.54, 1.807) is 46.5 Å². The molecule has 4 heterocycles. The van der Waals surface area contributed by atoms with Crippen molar-refractivity contribution >= 4 is 34.2 Å². The van der Waals surface area contributed by atoms with Crippen LogP contribution < -0.4 is 20.3 Å². The second-order valence-corrected chi connectivity index (χ2v) is 8.27. The molecule has 0 bridgehead atoms. The Morgan fingerprint density at radius 3 is 2.84 bits per heavy atom. The van der Waals surface area contributed by atoms with Gasteiger partial charge in [0, 0.05) is 10.6 Å². The zero-order chi connectivity index (χ0) is 22.1. The van der Waals surface area contributed by atoms with Gasteiger partial charge in [0.15, 0.2) is 17.1 Å². The molecule has 4 aromatic rings. The summed E-state index contributed by atoms with van der Waals surface area (Å²) in [6, 6.07) is 12.8. The van der Waals surface area contributed by atoms with Crippen LogP contribution in [0.2, 0.25) is 0 Å². The topological polar surface area (TPSA) is 107 Å². The van der Waals surface area contributed by atoms with Crippen molar-refractivity contribution in [3.8, 4) is 11.5 Å². The van der Waals surface area contributed by atoms with E-state index in [2.05, 4.69) is 20.9 Å². The van der Waals surface area contributed by atoms with Crippen LogP contribution in [-0.2, 0) is 11.3 Å². The predicted octanol–water partition coefficient (Wildman–Crippen LogP) is 2.45. The summed E-state index contributed by atoms with van der Waals surface area (Å²) < 4.78 is 13.0. The number of fused-ring (bicyclic) bond motifs is 2. The number of carbonyl (C=O) groups is 2. The molecule has 32 heavy (non-hydrogen) atoms. The molecular formula is C22H19N5O4S. The smallest absolute Gasteiger partial charge is 0.283 e. The second-order valence-electron chi connectivity index (χ2n) is 7.24. The number of aromatic nitrogens is 3. The lowest BCUT2D eigenvalue weighted by atomic mass is 10.1. The Hall–Kier alpha value is -3.92. The van der Waals surface area contributed by atoms with Crippen molar-refractivity contribution in [2.45, 2.75) is 19.6 Å². The molecule has 0 aliphatic carbocycles. The summed E-state index contributed by atoms with van der Waals surface area (Å²) in [4.78, 5) is 31.0. The standard InChI is InChI=1S/C22H19N5O4S/c1-13-9-15(16-10-23-27(20(16)24-13)11-14-5-4-8-32-14)21(28)25-26-22(29)19-12-30-17-6-2-3-7-18(17)31-19/h2-10,19H,11-12H2,1H3,(H,25,28)(H,26,29). The number of hydrogen-bond donors (Lipinski definition) is 2. The number of pyridine rings is 1. The number of aryl methyl sites for hydroxylation is 1. The fourth-order valence-electron chi connectivity index (χ4n) is 3.44. The van der Waals surface area contributed by atoms with E-state index in [4.69, 9.17) is 9.47 Å². The number of carbonyl (C=O) groups excluding carboxylic acids is 2. The average Bonchev–Trinajstić information content (AvgIpc) is 3.47. The summed E-state index contributed by atoms with van der Waals surface area (Å²) in [6.45, 7) is 2.42. The lowest BCUT2D eigenvalue weighted by Crippen LogP contribution is -2.50. The van der Waals surface area contributed by atoms with Crippen molar-refractivity contribution in [1.29, 1.82) is 0 Å². The van der Waals surface area contributed by atoms with E-state index in [-0.39, 0.29) is 6.61 Å². The van der Waals surface area contributed by atoms with Crippen LogP contribution >= 0.6 is 11.3 Å². The fraction of sp³-hybridized carbons (Fsp3) is 0.182. The molecule has 5 rings (SSSR count). The highest BCUT2D eigenvalue weighted by Crippen LogP contribution is 2.30. The first kappa shape index (κ1) is 20.0. The van der Waals surface area contributed by atoms with E-state index in [1.807, 2.05) is 30.5 Å². The van der Waals surface area contributed by atoms with E-state index in [0.717, 1.165) is 4.88 Å². The van der Waals surface area contributed by atoms with E-state index >= 15 is 0 Å². The third kappa shape index (κ3) is 3.87. The highest BCUT2D eigenvalue weighted by molar-refractivity contribution is 7.09. The highest BCUT2D eigenvalue weighted by Gasteiger charge is 2.28. The van der Waals surface area contributed by atoms with Crippen molar-refractivity contribution in [2.24, 2.45) is 0 Å². The minimum atomic E-state index is -0.877. The lowest BCUT2D eigenvalue weighted by molar-refractivity contribution is -0.131. The van der Waals surface area contributed by atoms with Crippen LogP contribution in [0, 0.1) is 6.92 Å². The molecule has 162 valence electrons. The number of benzene rings is 1. The molecule has 2 N–H and O–H groups in total. The molecular weight excluding hydrogens is 430 g/mol. The summed E-state index contributed by atoms with van der Waals surface area (Å²) in [5.74, 6) is 0.0783. The Kier molecular flexibility index (Phi) is 5.20. The van der Waals surface area contributed by atoms with Crippen molar-refractivity contribution in [3.63, 3.8) is 0 Å². The Morgan fingerprint density at radius 1 is 1.19 bits per heavy atom. The first-order valence-corrected chi connectivity index (χ1v) is 10.8. The molecule has 0 saturated carbocycles. The van der Waals surface area contributed by atoms with E-state index in [9.17, 15) is 9.59 Å². The number of nitrogens with zero attached hydrogens (tertiary/aromatic N) is 3. The van der Waals surface area contributed by atoms with Gasteiger partial charge in [0.1, 0.15) is 6.61 Å². The van der Waals surface area contributed by atoms with Crippen LogP contribution in [0.5, 0.6) is 11.5 Å². The molecule has 0 saturated heterocycles. The quantitative estimate of drug-likeness (QED) is 0.464. The zero-order valence-electron chi connectivity index (χ0n) is 17.1. The molecule has 0 radical (unpaired) electrons. The van der Waals surface area contributed by atoms with Crippen molar-refractivity contribution < 1.29 is 19.1 Å². The Balaban J connectivity index is 1.30. The van der Waals surface area contributed by atoms with Crippen molar-refractivity contribution in [1.82, 2.24) is 25.6 Å². The maximum absolute atomic E-state index is 12.9. The number of hydrogen-bond acceptors (Lipinski definition) is 7. The van der Waals surface area contributed by atoms with Gasteiger partial charge in [-0.25, -0.2) is 9.67 Å². The van der Waals surface area contributed by atoms with Gasteiger partial charge >= 0.3 is 0 Å². The third-order valence-electron chi connectivity index (χ3n) is 4.97. The summed E-state index contributed by atoms with van der Waals surface area (Å²) in [5, 5.41) is 7.00. The second kappa shape index (κ2) is 8.31. The molecule has 1 aromatic carbocycles. The summed E-state index contributed by atoms with van der Waals surface area (Å²) in [5.41, 5.74) is 6.52. The molecule has 3 aromatic heterocycles. The van der Waals surface area contributed by atoms with Gasteiger partial charge in [-0.2, -0.15) is 5.10 Å². The van der Waals surface area contributed by atoms with Gasteiger partial charge in [0.05, 0.1) is 23.7 Å². The zero-order valence-corrected chi connectivity index (χ0v) is 17.9. The minimum Gasteiger partial charge on any atom is -0.485 e.